The quantitative estimate of drug-likeness (QED) is 0.611. The molecule has 0 spiro atoms. The number of nitrogens with one attached hydrogen (secondary N) is 2. The molecule has 2 amide bonds. The van der Waals surface area contributed by atoms with Gasteiger partial charge in [0.1, 0.15) is 0 Å². The predicted octanol–water partition coefficient (Wildman–Crippen LogP) is 4.23. The second-order valence-electron chi connectivity index (χ2n) is 6.57. The van der Waals surface area contributed by atoms with Crippen molar-refractivity contribution in [3.8, 4) is 0 Å². The number of carbonyl (C=O) groups is 2. The molecule has 7 heteroatoms. The van der Waals surface area contributed by atoms with E-state index >= 15 is 0 Å². The Labute approximate surface area is 165 Å². The van der Waals surface area contributed by atoms with E-state index in [0.29, 0.717) is 22.5 Å². The third-order valence-corrected chi connectivity index (χ3v) is 6.20. The van der Waals surface area contributed by atoms with Crippen molar-refractivity contribution in [3.63, 3.8) is 0 Å². The Morgan fingerprint density at radius 2 is 2.04 bits per heavy atom. The minimum atomic E-state index is -0.212. The Morgan fingerprint density at radius 3 is 2.85 bits per heavy atom. The highest BCUT2D eigenvalue weighted by atomic mass is 32.2. The summed E-state index contributed by atoms with van der Waals surface area (Å²) < 4.78 is 1.05. The fourth-order valence-electron chi connectivity index (χ4n) is 2.67. The molecular formula is C20H19N3O2S2. The van der Waals surface area contributed by atoms with Crippen molar-refractivity contribution in [2.45, 2.75) is 30.7 Å². The van der Waals surface area contributed by atoms with Gasteiger partial charge < -0.3 is 5.32 Å². The number of hydrogen-bond donors (Lipinski definition) is 2. The molecule has 0 aliphatic heterocycles. The Hall–Kier alpha value is -2.38. The molecule has 0 unspecified atom stereocenters. The van der Waals surface area contributed by atoms with Crippen molar-refractivity contribution in [1.29, 1.82) is 0 Å². The lowest BCUT2D eigenvalue weighted by Crippen LogP contribution is -2.27. The molecule has 27 heavy (non-hydrogen) atoms. The summed E-state index contributed by atoms with van der Waals surface area (Å²) in [5.74, 6) is 0.108. The van der Waals surface area contributed by atoms with Gasteiger partial charge in [0.15, 0.2) is 5.13 Å². The highest BCUT2D eigenvalue weighted by molar-refractivity contribution is 8.00. The average Bonchev–Trinajstić information content (AvgIpc) is 3.37. The first-order valence-electron chi connectivity index (χ1n) is 8.78. The Morgan fingerprint density at radius 1 is 1.22 bits per heavy atom. The minimum absolute atomic E-state index is 0.0132. The van der Waals surface area contributed by atoms with Gasteiger partial charge in [-0.05, 0) is 49.6 Å². The van der Waals surface area contributed by atoms with Crippen molar-refractivity contribution in [2.75, 3.05) is 11.1 Å². The number of nitrogens with zero attached hydrogens (tertiary/aromatic N) is 1. The summed E-state index contributed by atoms with van der Waals surface area (Å²) in [7, 11) is 0. The molecular weight excluding hydrogens is 378 g/mol. The minimum Gasteiger partial charge on any atom is -0.353 e. The zero-order valence-corrected chi connectivity index (χ0v) is 16.5. The van der Waals surface area contributed by atoms with E-state index in [1.165, 1.54) is 23.1 Å². The molecule has 1 saturated carbocycles. The summed E-state index contributed by atoms with van der Waals surface area (Å²) in [6.07, 6.45) is 2.13. The molecule has 5 nitrogen and oxygen atoms in total. The van der Waals surface area contributed by atoms with Gasteiger partial charge in [-0.2, -0.15) is 0 Å². The smallest absolute Gasteiger partial charge is 0.258 e. The first kappa shape index (κ1) is 18.0. The van der Waals surface area contributed by atoms with Crippen LogP contribution in [0.1, 0.15) is 28.8 Å². The van der Waals surface area contributed by atoms with Crippen LogP contribution in [0.4, 0.5) is 5.13 Å². The highest BCUT2D eigenvalue weighted by Crippen LogP contribution is 2.28. The molecule has 0 radical (unpaired) electrons. The molecule has 2 N–H and O–H groups in total. The third kappa shape index (κ3) is 4.48. The molecule has 1 aliphatic rings. The van der Waals surface area contributed by atoms with E-state index < -0.39 is 0 Å². The van der Waals surface area contributed by atoms with Gasteiger partial charge in [0.05, 0.1) is 21.5 Å². The normalized spacial score (nSPS) is 13.5. The maximum atomic E-state index is 12.8. The zero-order valence-electron chi connectivity index (χ0n) is 14.8. The number of thioether (sulfide) groups is 1. The number of fused-ring (bicyclic) bond motifs is 1. The van der Waals surface area contributed by atoms with E-state index in [0.717, 1.165) is 33.5 Å². The molecule has 2 aromatic carbocycles. The van der Waals surface area contributed by atoms with Crippen LogP contribution in [0, 0.1) is 6.92 Å². The third-order valence-electron chi connectivity index (χ3n) is 4.20. The van der Waals surface area contributed by atoms with Gasteiger partial charge in [0, 0.05) is 10.9 Å². The number of aryl methyl sites for hydroxylation is 1. The average molecular weight is 398 g/mol. The van der Waals surface area contributed by atoms with E-state index in [9.17, 15) is 9.59 Å². The molecule has 1 fully saturated rings. The van der Waals surface area contributed by atoms with Crippen molar-refractivity contribution in [3.05, 3.63) is 53.6 Å². The number of thiazole rings is 1. The standard InChI is InChI=1S/C20H19N3O2S2/c1-12-6-9-15-17(10-12)27-20(22-15)23-19(25)14-4-2-3-5-16(14)26-11-18(24)21-13-7-8-13/h2-6,9-10,13H,7-8,11H2,1H3,(H,21,24)(H,22,23,25). The van der Waals surface area contributed by atoms with E-state index in [4.69, 9.17) is 0 Å². The van der Waals surface area contributed by atoms with Crippen LogP contribution in [0.5, 0.6) is 0 Å². The van der Waals surface area contributed by atoms with Crippen molar-refractivity contribution < 1.29 is 9.59 Å². The van der Waals surface area contributed by atoms with E-state index in [2.05, 4.69) is 21.7 Å². The second kappa shape index (κ2) is 7.70. The van der Waals surface area contributed by atoms with Crippen LogP contribution in [-0.4, -0.2) is 28.6 Å². The summed E-state index contributed by atoms with van der Waals surface area (Å²) in [4.78, 5) is 29.9. The van der Waals surface area contributed by atoms with Crippen LogP contribution in [0.25, 0.3) is 10.2 Å². The van der Waals surface area contributed by atoms with E-state index in [-0.39, 0.29) is 11.8 Å². The van der Waals surface area contributed by atoms with Crippen LogP contribution >= 0.6 is 23.1 Å². The van der Waals surface area contributed by atoms with Crippen LogP contribution in [0.3, 0.4) is 0 Å². The molecule has 138 valence electrons. The van der Waals surface area contributed by atoms with Gasteiger partial charge >= 0.3 is 0 Å². The SMILES string of the molecule is Cc1ccc2nc(NC(=O)c3ccccc3SCC(=O)NC3CC3)sc2c1. The summed E-state index contributed by atoms with van der Waals surface area (Å²) in [5.41, 5.74) is 2.59. The first-order chi connectivity index (χ1) is 13.1. The zero-order chi connectivity index (χ0) is 18.8. The van der Waals surface area contributed by atoms with Gasteiger partial charge in [-0.3, -0.25) is 14.9 Å². The summed E-state index contributed by atoms with van der Waals surface area (Å²) >= 11 is 2.84. The monoisotopic (exact) mass is 397 g/mol. The van der Waals surface area contributed by atoms with Gasteiger partial charge in [-0.15, -0.1) is 11.8 Å². The number of hydrogen-bond acceptors (Lipinski definition) is 5. The maximum Gasteiger partial charge on any atom is 0.258 e. The van der Waals surface area contributed by atoms with Crippen LogP contribution in [0.15, 0.2) is 47.4 Å². The molecule has 0 saturated heterocycles. The van der Waals surface area contributed by atoms with Crippen molar-refractivity contribution in [2.24, 2.45) is 0 Å². The van der Waals surface area contributed by atoms with Crippen LogP contribution < -0.4 is 10.6 Å². The van der Waals surface area contributed by atoms with E-state index in [1.807, 2.05) is 37.3 Å². The topological polar surface area (TPSA) is 71.1 Å². The fourth-order valence-corrected chi connectivity index (χ4v) is 4.49. The largest absolute Gasteiger partial charge is 0.353 e. The van der Waals surface area contributed by atoms with Gasteiger partial charge in [0.25, 0.3) is 5.91 Å². The molecule has 3 aromatic rings. The Bertz CT molecular complexity index is 1010. The van der Waals surface area contributed by atoms with Crippen molar-refractivity contribution >= 4 is 50.3 Å². The first-order valence-corrected chi connectivity index (χ1v) is 10.6. The van der Waals surface area contributed by atoms with E-state index in [1.54, 1.807) is 6.07 Å². The lowest BCUT2D eigenvalue weighted by atomic mass is 10.2. The highest BCUT2D eigenvalue weighted by Gasteiger charge is 2.23. The molecule has 1 aliphatic carbocycles. The Balaban J connectivity index is 1.46. The lowest BCUT2D eigenvalue weighted by Gasteiger charge is -2.08. The number of carbonyl (C=O) groups excluding carboxylic acids is 2. The van der Waals surface area contributed by atoms with Gasteiger partial charge in [-0.25, -0.2) is 4.98 Å². The van der Waals surface area contributed by atoms with Gasteiger partial charge in [0.2, 0.25) is 5.91 Å². The summed E-state index contributed by atoms with van der Waals surface area (Å²) in [5, 5.41) is 6.43. The summed E-state index contributed by atoms with van der Waals surface area (Å²) in [6, 6.07) is 13.7. The number of aromatic nitrogens is 1. The van der Waals surface area contributed by atoms with Crippen molar-refractivity contribution in [1.82, 2.24) is 10.3 Å². The summed E-state index contributed by atoms with van der Waals surface area (Å²) in [6.45, 7) is 2.03. The Kier molecular flexibility index (Phi) is 5.13. The number of rotatable bonds is 6. The maximum absolute atomic E-state index is 12.8. The number of anilines is 1. The molecule has 4 rings (SSSR count). The second-order valence-corrected chi connectivity index (χ2v) is 8.62. The molecule has 0 atom stereocenters. The number of benzene rings is 2. The molecule has 1 aromatic heterocycles. The predicted molar refractivity (Wildman–Crippen MR) is 111 cm³/mol. The van der Waals surface area contributed by atoms with Gasteiger partial charge in [-0.1, -0.05) is 29.5 Å². The van der Waals surface area contributed by atoms with Crippen LogP contribution in [-0.2, 0) is 4.79 Å². The lowest BCUT2D eigenvalue weighted by molar-refractivity contribution is -0.118. The fraction of sp³-hybridized carbons (Fsp3) is 0.250. The molecule has 1 heterocycles. The van der Waals surface area contributed by atoms with Crippen LogP contribution in [0.2, 0.25) is 0 Å². The number of amides is 2. The molecule has 0 bridgehead atoms.